The number of carbonyl (C=O) groups excluding carboxylic acids is 2. The molecule has 2 atom stereocenters. The summed E-state index contributed by atoms with van der Waals surface area (Å²) in [6, 6.07) is 23.9. The molecule has 48 heavy (non-hydrogen) atoms. The lowest BCUT2D eigenvalue weighted by atomic mass is 10.0. The SMILES string of the molecule is CC[C@@H](C)NC(=O)[C@@H](Cc1ccccc1)N(Cc1ccc(Cl)c(Cl)c1)C(=O)CN(c1ccc(OC)c(Cl)c1)S(=O)(=O)c1ccc(C)cc1. The smallest absolute Gasteiger partial charge is 0.264 e. The summed E-state index contributed by atoms with van der Waals surface area (Å²) in [7, 11) is -2.85. The molecular formula is C36H38Cl3N3O5S. The van der Waals surface area contributed by atoms with Crippen molar-refractivity contribution in [3.8, 4) is 5.75 Å². The van der Waals surface area contributed by atoms with Crippen LogP contribution >= 0.6 is 34.8 Å². The molecule has 0 heterocycles. The lowest BCUT2D eigenvalue weighted by Crippen LogP contribution is -2.54. The minimum absolute atomic E-state index is 0.0146. The maximum absolute atomic E-state index is 14.6. The van der Waals surface area contributed by atoms with Crippen LogP contribution in [0.5, 0.6) is 5.75 Å². The summed E-state index contributed by atoms with van der Waals surface area (Å²) in [5, 5.41) is 3.79. The summed E-state index contributed by atoms with van der Waals surface area (Å²) in [5.41, 5.74) is 2.44. The Hall–Kier alpha value is -3.76. The van der Waals surface area contributed by atoms with Crippen LogP contribution < -0.4 is 14.4 Å². The fraction of sp³-hybridized carbons (Fsp3) is 0.278. The van der Waals surface area contributed by atoms with Gasteiger partial charge in [-0.25, -0.2) is 8.42 Å². The topological polar surface area (TPSA) is 96.0 Å². The van der Waals surface area contributed by atoms with Gasteiger partial charge in [-0.2, -0.15) is 0 Å². The van der Waals surface area contributed by atoms with Gasteiger partial charge < -0.3 is 15.0 Å². The van der Waals surface area contributed by atoms with E-state index in [1.807, 2.05) is 51.1 Å². The predicted molar refractivity (Wildman–Crippen MR) is 193 cm³/mol. The fourth-order valence-electron chi connectivity index (χ4n) is 5.01. The highest BCUT2D eigenvalue weighted by Crippen LogP contribution is 2.33. The first kappa shape index (κ1) is 37.1. The molecule has 4 rings (SSSR count). The van der Waals surface area contributed by atoms with E-state index >= 15 is 0 Å². The van der Waals surface area contributed by atoms with Gasteiger partial charge in [0.2, 0.25) is 11.8 Å². The second kappa shape index (κ2) is 16.6. The molecule has 0 fully saturated rings. The van der Waals surface area contributed by atoms with Crippen LogP contribution in [0.3, 0.4) is 0 Å². The van der Waals surface area contributed by atoms with Gasteiger partial charge in [-0.05, 0) is 73.9 Å². The molecule has 4 aromatic rings. The number of hydrogen-bond acceptors (Lipinski definition) is 5. The molecule has 12 heteroatoms. The number of carbonyl (C=O) groups is 2. The Balaban J connectivity index is 1.85. The Morgan fingerprint density at radius 2 is 1.54 bits per heavy atom. The molecular weight excluding hydrogens is 693 g/mol. The van der Waals surface area contributed by atoms with Gasteiger partial charge in [0.05, 0.1) is 32.8 Å². The van der Waals surface area contributed by atoms with Crippen LogP contribution in [0, 0.1) is 6.92 Å². The Labute approximate surface area is 297 Å². The second-order valence-electron chi connectivity index (χ2n) is 11.4. The van der Waals surface area contributed by atoms with Crippen LogP contribution in [0.2, 0.25) is 15.1 Å². The molecule has 0 bridgehead atoms. The zero-order chi connectivity index (χ0) is 35.0. The van der Waals surface area contributed by atoms with E-state index in [9.17, 15) is 18.0 Å². The normalized spacial score (nSPS) is 12.6. The first-order valence-electron chi connectivity index (χ1n) is 15.3. The van der Waals surface area contributed by atoms with Crippen LogP contribution in [0.4, 0.5) is 5.69 Å². The summed E-state index contributed by atoms with van der Waals surface area (Å²) in [6.07, 6.45) is 0.848. The molecule has 0 saturated carbocycles. The molecule has 0 aliphatic heterocycles. The zero-order valence-corrected chi connectivity index (χ0v) is 30.2. The van der Waals surface area contributed by atoms with E-state index in [0.29, 0.717) is 22.8 Å². The van der Waals surface area contributed by atoms with Crippen molar-refractivity contribution < 1.29 is 22.7 Å². The monoisotopic (exact) mass is 729 g/mol. The maximum Gasteiger partial charge on any atom is 0.264 e. The van der Waals surface area contributed by atoms with Crippen LogP contribution in [0.25, 0.3) is 0 Å². The van der Waals surface area contributed by atoms with E-state index in [1.165, 1.54) is 42.3 Å². The summed E-state index contributed by atoms with van der Waals surface area (Å²) in [6.45, 7) is 4.99. The van der Waals surface area contributed by atoms with Crippen molar-refractivity contribution in [1.29, 1.82) is 0 Å². The maximum atomic E-state index is 14.6. The van der Waals surface area contributed by atoms with Crippen molar-refractivity contribution >= 4 is 62.3 Å². The van der Waals surface area contributed by atoms with Crippen LogP contribution in [0.15, 0.2) is 95.9 Å². The highest BCUT2D eigenvalue weighted by Gasteiger charge is 2.35. The average molecular weight is 731 g/mol. The van der Waals surface area contributed by atoms with Crippen molar-refractivity contribution in [3.63, 3.8) is 0 Å². The number of hydrogen-bond donors (Lipinski definition) is 1. The van der Waals surface area contributed by atoms with Crippen molar-refractivity contribution in [3.05, 3.63) is 123 Å². The van der Waals surface area contributed by atoms with E-state index in [0.717, 1.165) is 15.4 Å². The number of benzene rings is 4. The van der Waals surface area contributed by atoms with Gasteiger partial charge in [-0.15, -0.1) is 0 Å². The molecule has 0 unspecified atom stereocenters. The number of ether oxygens (including phenoxy) is 1. The molecule has 0 spiro atoms. The van der Waals surface area contributed by atoms with Gasteiger partial charge in [0.25, 0.3) is 10.0 Å². The molecule has 8 nitrogen and oxygen atoms in total. The first-order valence-corrected chi connectivity index (χ1v) is 17.9. The lowest BCUT2D eigenvalue weighted by Gasteiger charge is -2.34. The molecule has 0 aliphatic rings. The van der Waals surface area contributed by atoms with Gasteiger partial charge in [0.15, 0.2) is 0 Å². The van der Waals surface area contributed by atoms with Crippen LogP contribution in [-0.2, 0) is 32.6 Å². The molecule has 4 aromatic carbocycles. The number of sulfonamides is 1. The highest BCUT2D eigenvalue weighted by atomic mass is 35.5. The third kappa shape index (κ3) is 9.23. The quantitative estimate of drug-likeness (QED) is 0.143. The zero-order valence-electron chi connectivity index (χ0n) is 27.1. The number of aryl methyl sites for hydroxylation is 1. The van der Waals surface area contributed by atoms with Gasteiger partial charge in [0, 0.05) is 19.0 Å². The van der Waals surface area contributed by atoms with E-state index in [2.05, 4.69) is 5.32 Å². The first-order chi connectivity index (χ1) is 22.8. The third-order valence-electron chi connectivity index (χ3n) is 7.92. The number of amides is 2. The lowest BCUT2D eigenvalue weighted by molar-refractivity contribution is -0.140. The minimum Gasteiger partial charge on any atom is -0.495 e. The predicted octanol–water partition coefficient (Wildman–Crippen LogP) is 7.71. The second-order valence-corrected chi connectivity index (χ2v) is 14.5. The Morgan fingerprint density at radius 1 is 0.854 bits per heavy atom. The number of nitrogens with zero attached hydrogens (tertiary/aromatic N) is 2. The van der Waals surface area contributed by atoms with Crippen LogP contribution in [-0.4, -0.2) is 50.9 Å². The Morgan fingerprint density at radius 3 is 2.15 bits per heavy atom. The Kier molecular flexibility index (Phi) is 12.8. The molecule has 0 aliphatic carbocycles. The largest absolute Gasteiger partial charge is 0.495 e. The average Bonchev–Trinajstić information content (AvgIpc) is 3.07. The summed E-state index contributed by atoms with van der Waals surface area (Å²) < 4.78 is 34.8. The molecule has 2 amide bonds. The summed E-state index contributed by atoms with van der Waals surface area (Å²) >= 11 is 19.0. The summed E-state index contributed by atoms with van der Waals surface area (Å²) in [5.74, 6) is -0.656. The van der Waals surface area contributed by atoms with E-state index in [4.69, 9.17) is 39.5 Å². The standard InChI is InChI=1S/C36H38Cl3N3O5S/c1-5-25(3)40-36(44)33(20-26-9-7-6-8-10-26)41(22-27-13-17-30(37)31(38)19-27)35(43)23-42(28-14-18-34(47-4)32(39)21-28)48(45,46)29-15-11-24(2)12-16-29/h6-19,21,25,33H,5,20,22-23H2,1-4H3,(H,40,44)/t25-,33-/m1/s1. The number of methoxy groups -OCH3 is 1. The molecule has 254 valence electrons. The van der Waals surface area contributed by atoms with Crippen molar-refractivity contribution in [2.75, 3.05) is 18.0 Å². The van der Waals surface area contributed by atoms with E-state index < -0.39 is 28.5 Å². The fourth-order valence-corrected chi connectivity index (χ4v) is 6.99. The summed E-state index contributed by atoms with van der Waals surface area (Å²) in [4.78, 5) is 30.0. The molecule has 1 N–H and O–H groups in total. The van der Waals surface area contributed by atoms with Crippen molar-refractivity contribution in [2.24, 2.45) is 0 Å². The molecule has 0 saturated heterocycles. The molecule has 0 aromatic heterocycles. The number of anilines is 1. The number of halogens is 3. The van der Waals surface area contributed by atoms with Gasteiger partial charge in [-0.3, -0.25) is 13.9 Å². The van der Waals surface area contributed by atoms with Gasteiger partial charge >= 0.3 is 0 Å². The van der Waals surface area contributed by atoms with E-state index in [-0.39, 0.29) is 45.5 Å². The van der Waals surface area contributed by atoms with E-state index in [1.54, 1.807) is 30.3 Å². The van der Waals surface area contributed by atoms with Gasteiger partial charge in [-0.1, -0.05) is 95.8 Å². The number of nitrogens with one attached hydrogen (secondary N) is 1. The van der Waals surface area contributed by atoms with Gasteiger partial charge in [0.1, 0.15) is 18.3 Å². The third-order valence-corrected chi connectivity index (χ3v) is 10.7. The van der Waals surface area contributed by atoms with Crippen LogP contribution in [0.1, 0.15) is 37.0 Å². The molecule has 0 radical (unpaired) electrons. The highest BCUT2D eigenvalue weighted by molar-refractivity contribution is 7.92. The van der Waals surface area contributed by atoms with Crippen molar-refractivity contribution in [1.82, 2.24) is 10.2 Å². The minimum atomic E-state index is -4.30. The number of rotatable bonds is 14. The Bertz CT molecular complexity index is 1840. The van der Waals surface area contributed by atoms with Crippen molar-refractivity contribution in [2.45, 2.75) is 57.1 Å².